The summed E-state index contributed by atoms with van der Waals surface area (Å²) in [5, 5.41) is 0. The number of carbonyl (C=O) groups is 1. The lowest BCUT2D eigenvalue weighted by atomic mass is 10.2. The van der Waals surface area contributed by atoms with Gasteiger partial charge in [-0.2, -0.15) is 0 Å². The number of nitrogens with zero attached hydrogens (tertiary/aromatic N) is 2. The van der Waals surface area contributed by atoms with Gasteiger partial charge < -0.3 is 4.42 Å². The van der Waals surface area contributed by atoms with E-state index in [1.807, 2.05) is 0 Å². The Morgan fingerprint density at radius 2 is 2.41 bits per heavy atom. The number of carbonyl (C=O) groups excluding carboxylic acids is 1. The molecule has 1 aliphatic heterocycles. The summed E-state index contributed by atoms with van der Waals surface area (Å²) in [7, 11) is 0. The monoisotopic (exact) mass is 236 g/mol. The highest BCUT2D eigenvalue weighted by atomic mass is 16.3. The third-order valence-corrected chi connectivity index (χ3v) is 3.24. The van der Waals surface area contributed by atoms with Crippen molar-refractivity contribution < 1.29 is 9.21 Å². The van der Waals surface area contributed by atoms with Gasteiger partial charge in [0.25, 0.3) is 0 Å². The smallest absolute Gasteiger partial charge is 0.211 e. The normalized spacial score (nSPS) is 21.3. The zero-order chi connectivity index (χ0) is 12.4. The molecule has 0 bridgehead atoms. The second-order valence-electron chi connectivity index (χ2n) is 5.05. The SMILES string of the molecule is CC(=O)Cc1coc(C2CCCN2C(C)C)n1. The fourth-order valence-corrected chi connectivity index (χ4v) is 2.48. The van der Waals surface area contributed by atoms with Gasteiger partial charge in [0.1, 0.15) is 12.0 Å². The first kappa shape index (κ1) is 12.3. The van der Waals surface area contributed by atoms with Crippen LogP contribution in [0.4, 0.5) is 0 Å². The highest BCUT2D eigenvalue weighted by Gasteiger charge is 2.31. The van der Waals surface area contributed by atoms with Crippen molar-refractivity contribution in [1.82, 2.24) is 9.88 Å². The van der Waals surface area contributed by atoms with E-state index in [0.717, 1.165) is 24.6 Å². The summed E-state index contributed by atoms with van der Waals surface area (Å²) < 4.78 is 5.52. The number of likely N-dealkylation sites (tertiary alicyclic amines) is 1. The maximum absolute atomic E-state index is 11.0. The predicted octanol–water partition coefficient (Wildman–Crippen LogP) is 2.35. The van der Waals surface area contributed by atoms with Crippen molar-refractivity contribution >= 4 is 5.78 Å². The number of oxazole rings is 1. The lowest BCUT2D eigenvalue weighted by molar-refractivity contribution is -0.116. The second kappa shape index (κ2) is 5.00. The van der Waals surface area contributed by atoms with Crippen molar-refractivity contribution in [2.45, 2.75) is 52.1 Å². The molecule has 0 N–H and O–H groups in total. The molecule has 0 amide bonds. The van der Waals surface area contributed by atoms with E-state index in [1.165, 1.54) is 6.42 Å². The molecule has 4 nitrogen and oxygen atoms in total. The number of rotatable bonds is 4. The van der Waals surface area contributed by atoms with Gasteiger partial charge in [0.15, 0.2) is 0 Å². The Morgan fingerprint density at radius 3 is 3.06 bits per heavy atom. The molecule has 0 aromatic carbocycles. The molecule has 94 valence electrons. The molecular weight excluding hydrogens is 216 g/mol. The van der Waals surface area contributed by atoms with Gasteiger partial charge in [-0.15, -0.1) is 0 Å². The zero-order valence-corrected chi connectivity index (χ0v) is 10.8. The molecular formula is C13H20N2O2. The highest BCUT2D eigenvalue weighted by molar-refractivity contribution is 5.77. The average Bonchev–Trinajstić information content (AvgIpc) is 2.82. The molecule has 4 heteroatoms. The number of aromatic nitrogens is 1. The summed E-state index contributed by atoms with van der Waals surface area (Å²) in [6.07, 6.45) is 4.27. The Bertz CT molecular complexity index is 398. The molecule has 0 radical (unpaired) electrons. The Morgan fingerprint density at radius 1 is 1.65 bits per heavy atom. The third kappa shape index (κ3) is 2.75. The van der Waals surface area contributed by atoms with E-state index in [2.05, 4.69) is 23.7 Å². The van der Waals surface area contributed by atoms with Gasteiger partial charge in [-0.3, -0.25) is 9.69 Å². The molecule has 0 saturated carbocycles. The molecule has 0 aliphatic carbocycles. The first-order valence-corrected chi connectivity index (χ1v) is 6.27. The van der Waals surface area contributed by atoms with Crippen molar-refractivity contribution in [3.8, 4) is 0 Å². The molecule has 0 spiro atoms. The Labute approximate surface area is 102 Å². The first-order chi connectivity index (χ1) is 8.08. The molecule has 2 heterocycles. The Kier molecular flexibility index (Phi) is 3.62. The van der Waals surface area contributed by atoms with Gasteiger partial charge in [0, 0.05) is 6.04 Å². The van der Waals surface area contributed by atoms with Crippen LogP contribution in [0.3, 0.4) is 0 Å². The minimum Gasteiger partial charge on any atom is -0.447 e. The molecule has 17 heavy (non-hydrogen) atoms. The van der Waals surface area contributed by atoms with Crippen LogP contribution < -0.4 is 0 Å². The van der Waals surface area contributed by atoms with Crippen LogP contribution in [0, 0.1) is 0 Å². The van der Waals surface area contributed by atoms with Gasteiger partial charge in [0.2, 0.25) is 5.89 Å². The summed E-state index contributed by atoms with van der Waals surface area (Å²) in [5.41, 5.74) is 0.753. The van der Waals surface area contributed by atoms with Gasteiger partial charge in [-0.1, -0.05) is 0 Å². The van der Waals surface area contributed by atoms with E-state index in [1.54, 1.807) is 13.2 Å². The van der Waals surface area contributed by atoms with Crippen LogP contribution >= 0.6 is 0 Å². The first-order valence-electron chi connectivity index (χ1n) is 6.27. The third-order valence-electron chi connectivity index (χ3n) is 3.24. The highest BCUT2D eigenvalue weighted by Crippen LogP contribution is 2.32. The van der Waals surface area contributed by atoms with Gasteiger partial charge >= 0.3 is 0 Å². The number of Topliss-reactive ketones (excluding diaryl/α,β-unsaturated/α-hetero) is 1. The Balaban J connectivity index is 2.11. The standard InChI is InChI=1S/C13H20N2O2/c1-9(2)15-6-4-5-12(15)13-14-11(8-17-13)7-10(3)16/h8-9,12H,4-7H2,1-3H3. The fraction of sp³-hybridized carbons (Fsp3) is 0.692. The van der Waals surface area contributed by atoms with Crippen molar-refractivity contribution in [3.63, 3.8) is 0 Å². The second-order valence-corrected chi connectivity index (χ2v) is 5.05. The maximum Gasteiger partial charge on any atom is 0.211 e. The van der Waals surface area contributed by atoms with Crippen molar-refractivity contribution in [3.05, 3.63) is 17.8 Å². The van der Waals surface area contributed by atoms with Crippen LogP contribution in [0.15, 0.2) is 10.7 Å². The lowest BCUT2D eigenvalue weighted by Crippen LogP contribution is -2.30. The molecule has 1 unspecified atom stereocenters. The van der Waals surface area contributed by atoms with E-state index >= 15 is 0 Å². The van der Waals surface area contributed by atoms with E-state index < -0.39 is 0 Å². The summed E-state index contributed by atoms with van der Waals surface area (Å²) in [6.45, 7) is 7.06. The van der Waals surface area contributed by atoms with Crippen LogP contribution in [-0.2, 0) is 11.2 Å². The summed E-state index contributed by atoms with van der Waals surface area (Å²) >= 11 is 0. The van der Waals surface area contributed by atoms with E-state index in [4.69, 9.17) is 4.42 Å². The number of hydrogen-bond donors (Lipinski definition) is 0. The molecule has 1 aromatic heterocycles. The summed E-state index contributed by atoms with van der Waals surface area (Å²) in [5.74, 6) is 0.893. The van der Waals surface area contributed by atoms with Crippen LogP contribution in [0.25, 0.3) is 0 Å². The summed E-state index contributed by atoms with van der Waals surface area (Å²) in [6, 6.07) is 0.793. The largest absolute Gasteiger partial charge is 0.447 e. The molecule has 2 rings (SSSR count). The van der Waals surface area contributed by atoms with Crippen LogP contribution in [0.5, 0.6) is 0 Å². The quantitative estimate of drug-likeness (QED) is 0.805. The molecule has 1 atom stereocenters. The maximum atomic E-state index is 11.0. The number of ketones is 1. The molecule has 1 fully saturated rings. The minimum absolute atomic E-state index is 0.122. The fourth-order valence-electron chi connectivity index (χ4n) is 2.48. The zero-order valence-electron chi connectivity index (χ0n) is 10.8. The van der Waals surface area contributed by atoms with Gasteiger partial charge in [-0.05, 0) is 40.2 Å². The van der Waals surface area contributed by atoms with Crippen molar-refractivity contribution in [2.24, 2.45) is 0 Å². The van der Waals surface area contributed by atoms with Crippen LogP contribution in [0.2, 0.25) is 0 Å². The average molecular weight is 236 g/mol. The van der Waals surface area contributed by atoms with E-state index in [0.29, 0.717) is 12.5 Å². The van der Waals surface area contributed by atoms with Gasteiger partial charge in [-0.25, -0.2) is 4.98 Å². The summed E-state index contributed by atoms with van der Waals surface area (Å²) in [4.78, 5) is 17.9. The molecule has 1 saturated heterocycles. The lowest BCUT2D eigenvalue weighted by Gasteiger charge is -2.25. The van der Waals surface area contributed by atoms with Crippen LogP contribution in [-0.4, -0.2) is 28.3 Å². The minimum atomic E-state index is 0.122. The molecule has 1 aromatic rings. The van der Waals surface area contributed by atoms with Crippen molar-refractivity contribution in [2.75, 3.05) is 6.54 Å². The molecule has 1 aliphatic rings. The Hall–Kier alpha value is -1.16. The van der Waals surface area contributed by atoms with E-state index in [9.17, 15) is 4.79 Å². The van der Waals surface area contributed by atoms with Crippen molar-refractivity contribution in [1.29, 1.82) is 0 Å². The topological polar surface area (TPSA) is 46.3 Å². The predicted molar refractivity (Wildman–Crippen MR) is 64.7 cm³/mol. The van der Waals surface area contributed by atoms with Gasteiger partial charge in [0.05, 0.1) is 18.2 Å². The number of hydrogen-bond acceptors (Lipinski definition) is 4. The van der Waals surface area contributed by atoms with Crippen LogP contribution in [0.1, 0.15) is 51.2 Å². The van der Waals surface area contributed by atoms with E-state index in [-0.39, 0.29) is 11.8 Å².